The van der Waals surface area contributed by atoms with Crippen LogP contribution < -0.4 is 10.5 Å². The molecule has 1 rings (SSSR count). The van der Waals surface area contributed by atoms with Gasteiger partial charge >= 0.3 is 0 Å². The summed E-state index contributed by atoms with van der Waals surface area (Å²) in [6.45, 7) is 5.79. The Kier molecular flexibility index (Phi) is 4.78. The molecule has 0 unspecified atom stereocenters. The fraction of sp³-hybridized carbons (Fsp3) is 0.333. The number of allylic oxidation sites excluding steroid dienone is 1. The summed E-state index contributed by atoms with van der Waals surface area (Å²) in [6, 6.07) is 2.93. The normalized spacial score (nSPS) is 11.3. The van der Waals surface area contributed by atoms with Crippen LogP contribution in [0.25, 0.3) is 0 Å². The molecule has 0 heterocycles. The highest BCUT2D eigenvalue weighted by atomic mass is 35.5. The van der Waals surface area contributed by atoms with E-state index in [0.717, 1.165) is 11.1 Å². The number of halogens is 1. The van der Waals surface area contributed by atoms with E-state index in [1.54, 1.807) is 19.1 Å². The van der Waals surface area contributed by atoms with Crippen molar-refractivity contribution in [3.63, 3.8) is 0 Å². The number of hydrogen-bond acceptors (Lipinski definition) is 3. The van der Waals surface area contributed by atoms with Crippen LogP contribution >= 0.6 is 11.6 Å². The number of rotatable bonds is 4. The summed E-state index contributed by atoms with van der Waals surface area (Å²) >= 11 is 5.94. The highest BCUT2D eigenvalue weighted by Gasteiger charge is 2.18. The SMILES string of the molecule is CC(C)=CCNS(=O)(=O)c1cc(N)c(C)cc1Cl. The molecule has 18 heavy (non-hydrogen) atoms. The van der Waals surface area contributed by atoms with Crippen molar-refractivity contribution in [3.8, 4) is 0 Å². The Balaban J connectivity index is 3.06. The van der Waals surface area contributed by atoms with Crippen molar-refractivity contribution < 1.29 is 8.42 Å². The molecule has 0 fully saturated rings. The predicted octanol–water partition coefficient (Wildman–Crippen LogP) is 2.48. The summed E-state index contributed by atoms with van der Waals surface area (Å²) in [4.78, 5) is 0.00872. The Hall–Kier alpha value is -1.04. The molecule has 1 aromatic carbocycles. The van der Waals surface area contributed by atoms with Gasteiger partial charge in [0.25, 0.3) is 0 Å². The number of anilines is 1. The zero-order valence-electron chi connectivity index (χ0n) is 10.6. The minimum atomic E-state index is -3.63. The standard InChI is InChI=1S/C12H17ClN2O2S/c1-8(2)4-5-15-18(16,17)12-7-11(14)9(3)6-10(12)13/h4,6-7,15H,5,14H2,1-3H3. The number of benzene rings is 1. The van der Waals surface area contributed by atoms with Crippen molar-refractivity contribution in [2.45, 2.75) is 25.7 Å². The summed E-state index contributed by atoms with van der Waals surface area (Å²) < 4.78 is 26.5. The maximum Gasteiger partial charge on any atom is 0.242 e. The van der Waals surface area contributed by atoms with Crippen LogP contribution in [-0.2, 0) is 10.0 Å². The molecule has 4 nitrogen and oxygen atoms in total. The molecule has 0 aliphatic rings. The third-order valence-electron chi connectivity index (χ3n) is 2.39. The fourth-order valence-electron chi connectivity index (χ4n) is 1.31. The van der Waals surface area contributed by atoms with Crippen LogP contribution in [0.3, 0.4) is 0 Å². The van der Waals surface area contributed by atoms with Crippen molar-refractivity contribution in [1.82, 2.24) is 4.72 Å². The average Bonchev–Trinajstić information content (AvgIpc) is 2.22. The molecule has 0 aliphatic heterocycles. The molecule has 0 aliphatic carbocycles. The Morgan fingerprint density at radius 3 is 2.61 bits per heavy atom. The lowest BCUT2D eigenvalue weighted by Gasteiger charge is -2.09. The number of nitrogen functional groups attached to an aromatic ring is 1. The van der Waals surface area contributed by atoms with E-state index >= 15 is 0 Å². The van der Waals surface area contributed by atoms with E-state index in [9.17, 15) is 8.42 Å². The molecule has 0 aromatic heterocycles. The van der Waals surface area contributed by atoms with Gasteiger partial charge in [0.05, 0.1) is 5.02 Å². The summed E-state index contributed by atoms with van der Waals surface area (Å²) in [7, 11) is -3.63. The maximum absolute atomic E-state index is 12.0. The summed E-state index contributed by atoms with van der Waals surface area (Å²) in [5.41, 5.74) is 7.89. The van der Waals surface area contributed by atoms with Crippen molar-refractivity contribution in [2.75, 3.05) is 12.3 Å². The van der Waals surface area contributed by atoms with Gasteiger partial charge in [-0.15, -0.1) is 0 Å². The van der Waals surface area contributed by atoms with Gasteiger partial charge in [-0.25, -0.2) is 13.1 Å². The lowest BCUT2D eigenvalue weighted by Crippen LogP contribution is -2.24. The van der Waals surface area contributed by atoms with Gasteiger partial charge in [-0.3, -0.25) is 0 Å². The number of nitrogens with two attached hydrogens (primary N) is 1. The average molecular weight is 289 g/mol. The lowest BCUT2D eigenvalue weighted by atomic mass is 10.2. The van der Waals surface area contributed by atoms with Crippen molar-refractivity contribution in [3.05, 3.63) is 34.4 Å². The summed E-state index contributed by atoms with van der Waals surface area (Å²) in [6.07, 6.45) is 1.78. The van der Waals surface area contributed by atoms with Crippen molar-refractivity contribution in [1.29, 1.82) is 0 Å². The van der Waals surface area contributed by atoms with E-state index < -0.39 is 10.0 Å². The van der Waals surface area contributed by atoms with E-state index in [0.29, 0.717) is 5.69 Å². The van der Waals surface area contributed by atoms with E-state index in [-0.39, 0.29) is 16.5 Å². The molecule has 3 N–H and O–H groups in total. The highest BCUT2D eigenvalue weighted by Crippen LogP contribution is 2.26. The highest BCUT2D eigenvalue weighted by molar-refractivity contribution is 7.89. The predicted molar refractivity (Wildman–Crippen MR) is 75.2 cm³/mol. The zero-order chi connectivity index (χ0) is 13.9. The van der Waals surface area contributed by atoms with E-state index in [2.05, 4.69) is 4.72 Å². The quantitative estimate of drug-likeness (QED) is 0.660. The Labute approximate surface area is 113 Å². The molecule has 0 radical (unpaired) electrons. The Morgan fingerprint density at radius 2 is 2.06 bits per heavy atom. The first-order valence-electron chi connectivity index (χ1n) is 5.42. The van der Waals surface area contributed by atoms with Gasteiger partial charge < -0.3 is 5.73 Å². The van der Waals surface area contributed by atoms with Gasteiger partial charge in [0.1, 0.15) is 4.90 Å². The largest absolute Gasteiger partial charge is 0.398 e. The van der Waals surface area contributed by atoms with Crippen LogP contribution in [0.15, 0.2) is 28.7 Å². The first-order valence-corrected chi connectivity index (χ1v) is 7.29. The Bertz CT molecular complexity index is 576. The molecule has 0 spiro atoms. The third-order valence-corrected chi connectivity index (χ3v) is 4.28. The maximum atomic E-state index is 12.0. The Morgan fingerprint density at radius 1 is 1.44 bits per heavy atom. The third kappa shape index (κ3) is 3.73. The molecular weight excluding hydrogens is 272 g/mol. The fourth-order valence-corrected chi connectivity index (χ4v) is 2.89. The molecule has 0 amide bonds. The second-order valence-corrected chi connectivity index (χ2v) is 6.42. The van der Waals surface area contributed by atoms with Crippen LogP contribution in [0.4, 0.5) is 5.69 Å². The van der Waals surface area contributed by atoms with E-state index in [1.165, 1.54) is 6.07 Å². The van der Waals surface area contributed by atoms with Gasteiger partial charge in [-0.2, -0.15) is 0 Å². The summed E-state index contributed by atoms with van der Waals surface area (Å²) in [5.74, 6) is 0. The van der Waals surface area contributed by atoms with E-state index in [4.69, 9.17) is 17.3 Å². The van der Waals surface area contributed by atoms with Gasteiger partial charge in [0, 0.05) is 12.2 Å². The molecule has 1 aromatic rings. The molecule has 100 valence electrons. The molecule has 0 bridgehead atoms. The number of sulfonamides is 1. The molecule has 0 saturated heterocycles. The van der Waals surface area contributed by atoms with Crippen LogP contribution in [-0.4, -0.2) is 15.0 Å². The monoisotopic (exact) mass is 288 g/mol. The van der Waals surface area contributed by atoms with Crippen molar-refractivity contribution in [2.24, 2.45) is 0 Å². The molecule has 0 atom stereocenters. The second-order valence-electron chi connectivity index (χ2n) is 4.27. The van der Waals surface area contributed by atoms with Gasteiger partial charge in [-0.1, -0.05) is 23.3 Å². The molecule has 6 heteroatoms. The van der Waals surface area contributed by atoms with Gasteiger partial charge in [-0.05, 0) is 38.5 Å². The van der Waals surface area contributed by atoms with E-state index in [1.807, 2.05) is 13.8 Å². The van der Waals surface area contributed by atoms with Gasteiger partial charge in [0.15, 0.2) is 0 Å². The van der Waals surface area contributed by atoms with Crippen LogP contribution in [0.2, 0.25) is 5.02 Å². The molecular formula is C12H17ClN2O2S. The lowest BCUT2D eigenvalue weighted by molar-refractivity contribution is 0.585. The topological polar surface area (TPSA) is 72.2 Å². The van der Waals surface area contributed by atoms with Crippen LogP contribution in [0, 0.1) is 6.92 Å². The zero-order valence-corrected chi connectivity index (χ0v) is 12.2. The number of hydrogen-bond donors (Lipinski definition) is 2. The van der Waals surface area contributed by atoms with Gasteiger partial charge in [0.2, 0.25) is 10.0 Å². The minimum absolute atomic E-state index is 0.00872. The number of aryl methyl sites for hydroxylation is 1. The van der Waals surface area contributed by atoms with Crippen LogP contribution in [0.5, 0.6) is 0 Å². The van der Waals surface area contributed by atoms with Crippen molar-refractivity contribution >= 4 is 27.3 Å². The number of nitrogens with one attached hydrogen (secondary N) is 1. The first-order chi connectivity index (χ1) is 8.24. The summed E-state index contributed by atoms with van der Waals surface area (Å²) in [5, 5.41) is 0.173. The first kappa shape index (κ1) is 15.0. The smallest absolute Gasteiger partial charge is 0.242 e. The minimum Gasteiger partial charge on any atom is -0.398 e. The van der Waals surface area contributed by atoms with Crippen LogP contribution in [0.1, 0.15) is 19.4 Å². The molecule has 0 saturated carbocycles. The second kappa shape index (κ2) is 5.73.